The van der Waals surface area contributed by atoms with E-state index < -0.39 is 0 Å². The maximum atomic E-state index is 13.0. The summed E-state index contributed by atoms with van der Waals surface area (Å²) in [6, 6.07) is 6.13. The molecule has 0 aromatic heterocycles. The Morgan fingerprint density at radius 1 is 1.30 bits per heavy atom. The molecule has 0 aliphatic heterocycles. The van der Waals surface area contributed by atoms with Crippen molar-refractivity contribution in [2.45, 2.75) is 44.1 Å². The molecule has 20 heavy (non-hydrogen) atoms. The SMILES string of the molecule is Cl.NC1(CNC(=O)Cc2cccc(F)c2)CCCCC1. The van der Waals surface area contributed by atoms with Crippen LogP contribution < -0.4 is 11.1 Å². The quantitative estimate of drug-likeness (QED) is 0.898. The van der Waals surface area contributed by atoms with Crippen molar-refractivity contribution in [1.82, 2.24) is 5.32 Å². The van der Waals surface area contributed by atoms with Crippen molar-refractivity contribution in [1.29, 1.82) is 0 Å². The standard InChI is InChI=1S/C15H21FN2O.ClH/c16-13-6-4-5-12(9-13)10-14(19)18-11-15(17)7-2-1-3-8-15;/h4-6,9H,1-3,7-8,10-11,17H2,(H,18,19);1H. The fourth-order valence-electron chi connectivity index (χ4n) is 2.60. The Bertz CT molecular complexity index is 447. The van der Waals surface area contributed by atoms with Gasteiger partial charge in [0, 0.05) is 12.1 Å². The zero-order valence-electron chi connectivity index (χ0n) is 11.5. The fraction of sp³-hybridized carbons (Fsp3) is 0.533. The van der Waals surface area contributed by atoms with Gasteiger partial charge in [0.15, 0.2) is 0 Å². The molecule has 1 aromatic rings. The molecule has 0 bridgehead atoms. The van der Waals surface area contributed by atoms with Gasteiger partial charge in [0.2, 0.25) is 5.91 Å². The lowest BCUT2D eigenvalue weighted by atomic mass is 9.82. The van der Waals surface area contributed by atoms with E-state index in [0.29, 0.717) is 12.1 Å². The summed E-state index contributed by atoms with van der Waals surface area (Å²) in [7, 11) is 0. The van der Waals surface area contributed by atoms with Gasteiger partial charge < -0.3 is 11.1 Å². The lowest BCUT2D eigenvalue weighted by Crippen LogP contribution is -2.51. The predicted octanol–water partition coefficient (Wildman–Crippen LogP) is 2.57. The molecule has 0 radical (unpaired) electrons. The minimum absolute atomic E-state index is 0. The van der Waals surface area contributed by atoms with E-state index in [0.717, 1.165) is 25.7 Å². The molecule has 2 rings (SSSR count). The highest BCUT2D eigenvalue weighted by molar-refractivity contribution is 5.85. The number of carbonyl (C=O) groups excluding carboxylic acids is 1. The lowest BCUT2D eigenvalue weighted by molar-refractivity contribution is -0.120. The van der Waals surface area contributed by atoms with Gasteiger partial charge in [0.05, 0.1) is 6.42 Å². The normalized spacial score (nSPS) is 17.1. The first-order valence-electron chi connectivity index (χ1n) is 6.87. The molecule has 3 nitrogen and oxygen atoms in total. The van der Waals surface area contributed by atoms with Crippen molar-refractivity contribution in [3.63, 3.8) is 0 Å². The van der Waals surface area contributed by atoms with Crippen LogP contribution in [0.2, 0.25) is 0 Å². The highest BCUT2D eigenvalue weighted by Gasteiger charge is 2.27. The van der Waals surface area contributed by atoms with E-state index in [9.17, 15) is 9.18 Å². The van der Waals surface area contributed by atoms with Crippen LogP contribution in [0.15, 0.2) is 24.3 Å². The van der Waals surface area contributed by atoms with Gasteiger partial charge in [-0.2, -0.15) is 0 Å². The molecule has 0 spiro atoms. The Hall–Kier alpha value is -1.13. The highest BCUT2D eigenvalue weighted by Crippen LogP contribution is 2.25. The van der Waals surface area contributed by atoms with Gasteiger partial charge >= 0.3 is 0 Å². The van der Waals surface area contributed by atoms with Crippen molar-refractivity contribution in [2.24, 2.45) is 5.73 Å². The molecule has 0 unspecified atom stereocenters. The summed E-state index contributed by atoms with van der Waals surface area (Å²) in [5.41, 5.74) is 6.68. The number of carbonyl (C=O) groups is 1. The zero-order valence-corrected chi connectivity index (χ0v) is 12.3. The number of nitrogens with one attached hydrogen (secondary N) is 1. The molecule has 0 saturated heterocycles. The largest absolute Gasteiger partial charge is 0.354 e. The average Bonchev–Trinajstić information content (AvgIpc) is 2.38. The lowest BCUT2D eigenvalue weighted by Gasteiger charge is -2.33. The van der Waals surface area contributed by atoms with Crippen molar-refractivity contribution >= 4 is 18.3 Å². The van der Waals surface area contributed by atoms with Crippen LogP contribution in [0.5, 0.6) is 0 Å². The van der Waals surface area contributed by atoms with Crippen LogP contribution in [0.1, 0.15) is 37.7 Å². The number of nitrogens with two attached hydrogens (primary N) is 1. The minimum atomic E-state index is -0.312. The molecule has 1 aliphatic carbocycles. The van der Waals surface area contributed by atoms with Crippen LogP contribution >= 0.6 is 12.4 Å². The van der Waals surface area contributed by atoms with E-state index >= 15 is 0 Å². The first-order chi connectivity index (χ1) is 9.07. The van der Waals surface area contributed by atoms with Crippen molar-refractivity contribution in [2.75, 3.05) is 6.54 Å². The van der Waals surface area contributed by atoms with Gasteiger partial charge in [-0.3, -0.25) is 4.79 Å². The summed E-state index contributed by atoms with van der Waals surface area (Å²) < 4.78 is 13.0. The molecular formula is C15H22ClFN2O. The maximum absolute atomic E-state index is 13.0. The van der Waals surface area contributed by atoms with Crippen LogP contribution in [0.3, 0.4) is 0 Å². The third-order valence-corrected chi connectivity index (χ3v) is 3.74. The molecule has 0 atom stereocenters. The summed E-state index contributed by atoms with van der Waals surface area (Å²) in [4.78, 5) is 11.8. The maximum Gasteiger partial charge on any atom is 0.224 e. The third kappa shape index (κ3) is 5.10. The molecule has 1 aliphatic rings. The number of rotatable bonds is 4. The molecule has 1 saturated carbocycles. The monoisotopic (exact) mass is 300 g/mol. The minimum Gasteiger partial charge on any atom is -0.354 e. The average molecular weight is 301 g/mol. The number of halogens is 2. The Morgan fingerprint density at radius 3 is 2.65 bits per heavy atom. The van der Waals surface area contributed by atoms with Crippen molar-refractivity contribution in [3.05, 3.63) is 35.6 Å². The van der Waals surface area contributed by atoms with Gasteiger partial charge in [-0.25, -0.2) is 4.39 Å². The van der Waals surface area contributed by atoms with Crippen LogP contribution in [0, 0.1) is 5.82 Å². The number of benzene rings is 1. The second-order valence-corrected chi connectivity index (χ2v) is 5.51. The first-order valence-corrected chi connectivity index (χ1v) is 6.87. The predicted molar refractivity (Wildman–Crippen MR) is 80.4 cm³/mol. The molecule has 3 N–H and O–H groups in total. The van der Waals surface area contributed by atoms with Gasteiger partial charge in [-0.05, 0) is 30.5 Å². The summed E-state index contributed by atoms with van der Waals surface area (Å²) in [5.74, 6) is -0.408. The third-order valence-electron chi connectivity index (χ3n) is 3.74. The molecule has 112 valence electrons. The molecule has 0 heterocycles. The Balaban J connectivity index is 0.00000200. The zero-order chi connectivity index (χ0) is 13.7. The van der Waals surface area contributed by atoms with E-state index in [2.05, 4.69) is 5.32 Å². The summed E-state index contributed by atoms with van der Waals surface area (Å²) in [6.45, 7) is 0.515. The van der Waals surface area contributed by atoms with Gasteiger partial charge in [-0.15, -0.1) is 12.4 Å². The van der Waals surface area contributed by atoms with Gasteiger partial charge in [-0.1, -0.05) is 31.4 Å². The van der Waals surface area contributed by atoms with Crippen LogP contribution in [0.4, 0.5) is 4.39 Å². The number of hydrogen-bond acceptors (Lipinski definition) is 2. The molecule has 5 heteroatoms. The fourth-order valence-corrected chi connectivity index (χ4v) is 2.60. The van der Waals surface area contributed by atoms with Crippen LogP contribution in [0.25, 0.3) is 0 Å². The smallest absolute Gasteiger partial charge is 0.224 e. The number of amides is 1. The van der Waals surface area contributed by atoms with E-state index in [4.69, 9.17) is 5.73 Å². The molecule has 1 fully saturated rings. The number of hydrogen-bond donors (Lipinski definition) is 2. The molecule has 1 amide bonds. The van der Waals surface area contributed by atoms with Gasteiger partial charge in [0.1, 0.15) is 5.82 Å². The molecular weight excluding hydrogens is 279 g/mol. The second kappa shape index (κ2) is 7.60. The van der Waals surface area contributed by atoms with Crippen LogP contribution in [-0.2, 0) is 11.2 Å². The Labute approximate surface area is 125 Å². The van der Waals surface area contributed by atoms with E-state index in [-0.39, 0.29) is 36.1 Å². The first kappa shape index (κ1) is 16.9. The summed E-state index contributed by atoms with van der Waals surface area (Å²) in [5, 5.41) is 2.87. The highest BCUT2D eigenvalue weighted by atomic mass is 35.5. The van der Waals surface area contributed by atoms with Crippen molar-refractivity contribution in [3.8, 4) is 0 Å². The summed E-state index contributed by atoms with van der Waals surface area (Å²) in [6.07, 6.45) is 5.64. The van der Waals surface area contributed by atoms with Crippen molar-refractivity contribution < 1.29 is 9.18 Å². The van der Waals surface area contributed by atoms with Crippen LogP contribution in [-0.4, -0.2) is 18.0 Å². The van der Waals surface area contributed by atoms with E-state index in [1.165, 1.54) is 18.6 Å². The van der Waals surface area contributed by atoms with E-state index in [1.54, 1.807) is 12.1 Å². The second-order valence-electron chi connectivity index (χ2n) is 5.51. The molecule has 1 aromatic carbocycles. The Morgan fingerprint density at radius 2 is 2.00 bits per heavy atom. The summed E-state index contributed by atoms with van der Waals surface area (Å²) >= 11 is 0. The van der Waals surface area contributed by atoms with E-state index in [1.807, 2.05) is 0 Å². The van der Waals surface area contributed by atoms with Gasteiger partial charge in [0.25, 0.3) is 0 Å². The Kier molecular flexibility index (Phi) is 6.43. The topological polar surface area (TPSA) is 55.1 Å².